The third-order valence-corrected chi connectivity index (χ3v) is 4.66. The Morgan fingerprint density at radius 3 is 2.53 bits per heavy atom. The van der Waals surface area contributed by atoms with E-state index in [2.05, 4.69) is 5.16 Å². The number of ketones is 1. The third kappa shape index (κ3) is 5.04. The minimum Gasteiger partial charge on any atom is -0.486 e. The number of rotatable bonds is 7. The Kier molecular flexibility index (Phi) is 6.06. The lowest BCUT2D eigenvalue weighted by Gasteiger charge is -2.04. The second-order valence-electron chi connectivity index (χ2n) is 6.61. The van der Waals surface area contributed by atoms with Crippen LogP contribution in [0.4, 0.5) is 0 Å². The van der Waals surface area contributed by atoms with Crippen molar-refractivity contribution in [2.75, 3.05) is 0 Å². The molecule has 5 heteroatoms. The van der Waals surface area contributed by atoms with Crippen molar-refractivity contribution in [3.05, 3.63) is 113 Å². The second kappa shape index (κ2) is 9.25. The van der Waals surface area contributed by atoms with Crippen LogP contribution in [-0.2, 0) is 6.61 Å². The standard InChI is InChI=1S/C25H18ClNO3/c26-21-8-4-7-20(15-21)24-16-23(30-27-24)17-29-22-12-10-19(11-13-22)25(28)14-9-18-5-2-1-3-6-18/h1-16H,17H2/b14-9+. The van der Waals surface area contributed by atoms with Crippen LogP contribution in [0.25, 0.3) is 17.3 Å². The van der Waals surface area contributed by atoms with Gasteiger partial charge in [-0.25, -0.2) is 0 Å². The number of allylic oxidation sites excluding steroid dienone is 1. The molecule has 148 valence electrons. The Morgan fingerprint density at radius 1 is 0.967 bits per heavy atom. The molecule has 30 heavy (non-hydrogen) atoms. The van der Waals surface area contributed by atoms with Gasteiger partial charge < -0.3 is 9.26 Å². The molecule has 0 unspecified atom stereocenters. The third-order valence-electron chi connectivity index (χ3n) is 4.43. The molecule has 0 saturated heterocycles. The van der Waals surface area contributed by atoms with Gasteiger partial charge in [0, 0.05) is 22.2 Å². The van der Waals surface area contributed by atoms with Gasteiger partial charge in [0.15, 0.2) is 11.5 Å². The summed E-state index contributed by atoms with van der Waals surface area (Å²) in [6.45, 7) is 0.231. The van der Waals surface area contributed by atoms with Crippen LogP contribution in [0.5, 0.6) is 5.75 Å². The lowest BCUT2D eigenvalue weighted by atomic mass is 10.1. The number of hydrogen-bond acceptors (Lipinski definition) is 4. The Bertz CT molecular complexity index is 1160. The maximum atomic E-state index is 12.3. The zero-order chi connectivity index (χ0) is 20.8. The van der Waals surface area contributed by atoms with Gasteiger partial charge in [-0.3, -0.25) is 4.79 Å². The van der Waals surface area contributed by atoms with E-state index in [-0.39, 0.29) is 12.4 Å². The molecule has 0 atom stereocenters. The molecule has 0 radical (unpaired) electrons. The van der Waals surface area contributed by atoms with E-state index in [1.165, 1.54) is 0 Å². The summed E-state index contributed by atoms with van der Waals surface area (Å²) in [5.74, 6) is 1.17. The molecule has 4 aromatic rings. The minimum absolute atomic E-state index is 0.0631. The van der Waals surface area contributed by atoms with Gasteiger partial charge in [-0.05, 0) is 48.0 Å². The van der Waals surface area contributed by atoms with E-state index in [1.807, 2.05) is 54.6 Å². The fourth-order valence-corrected chi connectivity index (χ4v) is 3.06. The van der Waals surface area contributed by atoms with Crippen molar-refractivity contribution in [3.8, 4) is 17.0 Å². The van der Waals surface area contributed by atoms with E-state index in [0.717, 1.165) is 11.1 Å². The smallest absolute Gasteiger partial charge is 0.185 e. The molecule has 0 aliphatic heterocycles. The summed E-state index contributed by atoms with van der Waals surface area (Å²) in [5.41, 5.74) is 3.15. The molecule has 0 aliphatic rings. The highest BCUT2D eigenvalue weighted by molar-refractivity contribution is 6.30. The van der Waals surface area contributed by atoms with E-state index < -0.39 is 0 Å². The molecule has 0 bridgehead atoms. The largest absolute Gasteiger partial charge is 0.486 e. The first-order chi connectivity index (χ1) is 14.7. The van der Waals surface area contributed by atoms with E-state index in [4.69, 9.17) is 20.9 Å². The molecule has 1 heterocycles. The first-order valence-corrected chi connectivity index (χ1v) is 9.77. The van der Waals surface area contributed by atoms with Crippen LogP contribution < -0.4 is 4.74 Å². The van der Waals surface area contributed by atoms with Crippen molar-refractivity contribution in [2.24, 2.45) is 0 Å². The van der Waals surface area contributed by atoms with Gasteiger partial charge >= 0.3 is 0 Å². The summed E-state index contributed by atoms with van der Waals surface area (Å²) in [6.07, 6.45) is 3.37. The van der Waals surface area contributed by atoms with Crippen LogP contribution in [-0.4, -0.2) is 10.9 Å². The van der Waals surface area contributed by atoms with Gasteiger partial charge in [0.25, 0.3) is 0 Å². The predicted octanol–water partition coefficient (Wildman–Crippen LogP) is 6.47. The molecule has 0 aliphatic carbocycles. The number of benzene rings is 3. The monoisotopic (exact) mass is 415 g/mol. The molecule has 0 N–H and O–H groups in total. The maximum absolute atomic E-state index is 12.3. The highest BCUT2D eigenvalue weighted by Gasteiger charge is 2.08. The summed E-state index contributed by atoms with van der Waals surface area (Å²) in [4.78, 5) is 12.3. The highest BCUT2D eigenvalue weighted by Crippen LogP contribution is 2.23. The number of carbonyl (C=O) groups excluding carboxylic acids is 1. The van der Waals surface area contributed by atoms with Crippen molar-refractivity contribution in [2.45, 2.75) is 6.61 Å². The van der Waals surface area contributed by atoms with E-state index in [1.54, 1.807) is 42.5 Å². The Labute approximate surface area is 179 Å². The Hall–Kier alpha value is -3.63. The molecular weight excluding hydrogens is 398 g/mol. The fraction of sp³-hybridized carbons (Fsp3) is 0.0400. The van der Waals surface area contributed by atoms with Crippen LogP contribution >= 0.6 is 11.6 Å². The van der Waals surface area contributed by atoms with Gasteiger partial charge in [0.05, 0.1) is 0 Å². The summed E-state index contributed by atoms with van der Waals surface area (Å²) in [6, 6.07) is 25.9. The van der Waals surface area contributed by atoms with Crippen molar-refractivity contribution in [1.29, 1.82) is 0 Å². The van der Waals surface area contributed by atoms with E-state index in [9.17, 15) is 4.79 Å². The second-order valence-corrected chi connectivity index (χ2v) is 7.05. The van der Waals surface area contributed by atoms with Crippen LogP contribution in [0.15, 0.2) is 95.5 Å². The molecular formula is C25H18ClNO3. The van der Waals surface area contributed by atoms with E-state index in [0.29, 0.717) is 27.8 Å². The van der Waals surface area contributed by atoms with Gasteiger partial charge in [0.2, 0.25) is 0 Å². The molecule has 0 amide bonds. The maximum Gasteiger partial charge on any atom is 0.185 e. The van der Waals surface area contributed by atoms with Gasteiger partial charge in [-0.15, -0.1) is 0 Å². The lowest BCUT2D eigenvalue weighted by molar-refractivity contribution is 0.104. The zero-order valence-electron chi connectivity index (χ0n) is 16.0. The van der Waals surface area contributed by atoms with Crippen molar-refractivity contribution in [3.63, 3.8) is 0 Å². The molecule has 0 spiro atoms. The highest BCUT2D eigenvalue weighted by atomic mass is 35.5. The number of hydrogen-bond donors (Lipinski definition) is 0. The van der Waals surface area contributed by atoms with Gasteiger partial charge in [-0.2, -0.15) is 0 Å². The van der Waals surface area contributed by atoms with Crippen molar-refractivity contribution in [1.82, 2.24) is 5.16 Å². The van der Waals surface area contributed by atoms with Crippen LogP contribution in [0.1, 0.15) is 21.7 Å². The molecule has 0 fully saturated rings. The molecule has 4 nitrogen and oxygen atoms in total. The number of halogens is 1. The lowest BCUT2D eigenvalue weighted by Crippen LogP contribution is -1.96. The SMILES string of the molecule is O=C(/C=C/c1ccccc1)c1ccc(OCc2cc(-c3cccc(Cl)c3)no2)cc1. The number of ether oxygens (including phenoxy) is 1. The average molecular weight is 416 g/mol. The average Bonchev–Trinajstić information content (AvgIpc) is 3.26. The summed E-state index contributed by atoms with van der Waals surface area (Å²) >= 11 is 6.02. The number of aromatic nitrogens is 1. The predicted molar refractivity (Wildman–Crippen MR) is 118 cm³/mol. The normalized spacial score (nSPS) is 11.0. The minimum atomic E-state index is -0.0631. The first kappa shape index (κ1) is 19.7. The Morgan fingerprint density at radius 2 is 1.77 bits per heavy atom. The topological polar surface area (TPSA) is 52.3 Å². The quantitative estimate of drug-likeness (QED) is 0.256. The van der Waals surface area contributed by atoms with Crippen LogP contribution in [0.3, 0.4) is 0 Å². The summed E-state index contributed by atoms with van der Waals surface area (Å²) in [7, 11) is 0. The molecule has 3 aromatic carbocycles. The van der Waals surface area contributed by atoms with E-state index >= 15 is 0 Å². The Balaban J connectivity index is 1.35. The number of carbonyl (C=O) groups is 1. The fourth-order valence-electron chi connectivity index (χ4n) is 2.87. The van der Waals surface area contributed by atoms with Crippen molar-refractivity contribution >= 4 is 23.5 Å². The molecule has 1 aromatic heterocycles. The summed E-state index contributed by atoms with van der Waals surface area (Å²) < 4.78 is 11.1. The summed E-state index contributed by atoms with van der Waals surface area (Å²) in [5, 5.41) is 4.70. The van der Waals surface area contributed by atoms with Gasteiger partial charge in [-0.1, -0.05) is 65.3 Å². The molecule has 0 saturated carbocycles. The van der Waals surface area contributed by atoms with Gasteiger partial charge in [0.1, 0.15) is 18.1 Å². The number of nitrogens with zero attached hydrogens (tertiary/aromatic N) is 1. The van der Waals surface area contributed by atoms with Crippen LogP contribution in [0, 0.1) is 0 Å². The molecule has 4 rings (SSSR count). The first-order valence-electron chi connectivity index (χ1n) is 9.39. The van der Waals surface area contributed by atoms with Crippen molar-refractivity contribution < 1.29 is 14.1 Å². The van der Waals surface area contributed by atoms with Crippen LogP contribution in [0.2, 0.25) is 5.02 Å². The zero-order valence-corrected chi connectivity index (χ0v) is 16.8.